The highest BCUT2D eigenvalue weighted by Gasteiger charge is 2.16. The molecule has 2 unspecified atom stereocenters. The maximum absolute atomic E-state index is 11.9. The molecule has 0 saturated heterocycles. The summed E-state index contributed by atoms with van der Waals surface area (Å²) in [5.74, 6) is -1.02. The van der Waals surface area contributed by atoms with E-state index in [9.17, 15) is 14.9 Å². The molecule has 1 aromatic carbocycles. The number of fused-ring (bicyclic) bond motifs is 1. The Morgan fingerprint density at radius 1 is 1.39 bits per heavy atom. The second-order valence-electron chi connectivity index (χ2n) is 5.65. The van der Waals surface area contributed by atoms with E-state index in [1.807, 2.05) is 30.5 Å². The van der Waals surface area contributed by atoms with E-state index in [4.69, 9.17) is 5.73 Å². The molecule has 2 aromatic rings. The van der Waals surface area contributed by atoms with Crippen LogP contribution in [0.2, 0.25) is 0 Å². The van der Waals surface area contributed by atoms with Crippen LogP contribution in [0.15, 0.2) is 30.5 Å². The predicted molar refractivity (Wildman–Crippen MR) is 87.1 cm³/mol. The van der Waals surface area contributed by atoms with Crippen LogP contribution >= 0.6 is 0 Å². The molecule has 0 fully saturated rings. The summed E-state index contributed by atoms with van der Waals surface area (Å²) in [5, 5.41) is 13.0. The minimum atomic E-state index is -0.606. The largest absolute Gasteiger partial charge is 0.369 e. The molecule has 2 amide bonds. The Labute approximate surface area is 134 Å². The second-order valence-corrected chi connectivity index (χ2v) is 5.65. The van der Waals surface area contributed by atoms with Gasteiger partial charge in [0.05, 0.1) is 6.07 Å². The van der Waals surface area contributed by atoms with Gasteiger partial charge in [-0.25, -0.2) is 0 Å². The predicted octanol–water partition coefficient (Wildman–Crippen LogP) is 1.62. The van der Waals surface area contributed by atoms with E-state index in [1.54, 1.807) is 6.92 Å². The molecular weight excluding hydrogens is 292 g/mol. The van der Waals surface area contributed by atoms with Crippen LogP contribution in [0.4, 0.5) is 0 Å². The van der Waals surface area contributed by atoms with Gasteiger partial charge in [-0.2, -0.15) is 5.26 Å². The summed E-state index contributed by atoms with van der Waals surface area (Å²) in [4.78, 5) is 26.0. The first kappa shape index (κ1) is 16.6. The zero-order chi connectivity index (χ0) is 16.8. The zero-order valence-electron chi connectivity index (χ0n) is 13.0. The fourth-order valence-corrected chi connectivity index (χ4v) is 2.41. The van der Waals surface area contributed by atoms with Gasteiger partial charge >= 0.3 is 0 Å². The molecule has 23 heavy (non-hydrogen) atoms. The number of hydrogen-bond donors (Lipinski definition) is 3. The zero-order valence-corrected chi connectivity index (χ0v) is 13.0. The van der Waals surface area contributed by atoms with E-state index in [0.29, 0.717) is 12.8 Å². The highest BCUT2D eigenvalue weighted by molar-refractivity contribution is 5.83. The first-order chi connectivity index (χ1) is 11.0. The number of amides is 2. The van der Waals surface area contributed by atoms with Crippen molar-refractivity contribution in [2.75, 3.05) is 0 Å². The number of aromatic nitrogens is 1. The number of benzene rings is 1. The summed E-state index contributed by atoms with van der Waals surface area (Å²) >= 11 is 0. The van der Waals surface area contributed by atoms with Crippen LogP contribution in [-0.2, 0) is 16.0 Å². The normalized spacial score (nSPS) is 13.2. The van der Waals surface area contributed by atoms with Crippen LogP contribution in [0.3, 0.4) is 0 Å². The number of para-hydroxylation sites is 1. The standard InChI is InChI=1S/C17H20N4O2/c1-11(17(19)23)6-7-16(22)21-13(9-18)8-12-10-20-15-5-3-2-4-14(12)15/h2-5,10-11,13,20H,6-8H2,1H3,(H2,19,23)(H,21,22). The summed E-state index contributed by atoms with van der Waals surface area (Å²) in [7, 11) is 0. The summed E-state index contributed by atoms with van der Waals surface area (Å²) in [5.41, 5.74) is 7.15. The van der Waals surface area contributed by atoms with E-state index in [1.165, 1.54) is 0 Å². The molecule has 0 spiro atoms. The third-order valence-electron chi connectivity index (χ3n) is 3.88. The van der Waals surface area contributed by atoms with E-state index in [-0.39, 0.29) is 18.2 Å². The van der Waals surface area contributed by atoms with Gasteiger partial charge in [-0.1, -0.05) is 25.1 Å². The Hall–Kier alpha value is -2.81. The minimum absolute atomic E-state index is 0.177. The summed E-state index contributed by atoms with van der Waals surface area (Å²) < 4.78 is 0. The van der Waals surface area contributed by atoms with Crippen molar-refractivity contribution in [3.8, 4) is 6.07 Å². The van der Waals surface area contributed by atoms with Gasteiger partial charge in [0.15, 0.2) is 0 Å². The number of hydrogen-bond acceptors (Lipinski definition) is 3. The lowest BCUT2D eigenvalue weighted by atomic mass is 10.0. The number of nitrogens with one attached hydrogen (secondary N) is 2. The molecular formula is C17H20N4O2. The van der Waals surface area contributed by atoms with Crippen LogP contribution in [0.25, 0.3) is 10.9 Å². The van der Waals surface area contributed by atoms with Crippen molar-refractivity contribution >= 4 is 22.7 Å². The van der Waals surface area contributed by atoms with Crippen LogP contribution in [0.1, 0.15) is 25.3 Å². The van der Waals surface area contributed by atoms with Crippen LogP contribution in [-0.4, -0.2) is 22.8 Å². The van der Waals surface area contributed by atoms with Crippen LogP contribution in [0.5, 0.6) is 0 Å². The maximum atomic E-state index is 11.9. The number of rotatable bonds is 7. The molecule has 0 aliphatic rings. The number of carbonyl (C=O) groups is 2. The average molecular weight is 312 g/mol. The number of nitrogens with two attached hydrogens (primary N) is 1. The summed E-state index contributed by atoms with van der Waals surface area (Å²) in [6.07, 6.45) is 2.84. The highest BCUT2D eigenvalue weighted by Crippen LogP contribution is 2.19. The Kier molecular flexibility index (Phi) is 5.36. The summed E-state index contributed by atoms with van der Waals surface area (Å²) in [6, 6.07) is 9.32. The van der Waals surface area contributed by atoms with E-state index in [0.717, 1.165) is 16.5 Å². The molecule has 0 radical (unpaired) electrons. The third-order valence-corrected chi connectivity index (χ3v) is 3.88. The molecule has 6 heteroatoms. The first-order valence-electron chi connectivity index (χ1n) is 7.54. The van der Waals surface area contributed by atoms with Gasteiger partial charge in [-0.15, -0.1) is 0 Å². The lowest BCUT2D eigenvalue weighted by molar-refractivity contribution is -0.123. The molecule has 0 aliphatic heterocycles. The van der Waals surface area contributed by atoms with Crippen molar-refractivity contribution in [1.82, 2.24) is 10.3 Å². The molecule has 2 atom stereocenters. The van der Waals surface area contributed by atoms with Crippen LogP contribution in [0, 0.1) is 17.2 Å². The number of nitrogens with zero attached hydrogens (tertiary/aromatic N) is 1. The van der Waals surface area contributed by atoms with Gasteiger partial charge < -0.3 is 16.0 Å². The fraction of sp³-hybridized carbons (Fsp3) is 0.353. The van der Waals surface area contributed by atoms with Gasteiger partial charge in [0, 0.05) is 35.9 Å². The number of H-pyrrole nitrogens is 1. The number of aromatic amines is 1. The molecule has 120 valence electrons. The number of carbonyl (C=O) groups excluding carboxylic acids is 2. The van der Waals surface area contributed by atoms with Crippen molar-refractivity contribution in [3.63, 3.8) is 0 Å². The molecule has 1 aromatic heterocycles. The Balaban J connectivity index is 1.94. The van der Waals surface area contributed by atoms with Crippen molar-refractivity contribution in [2.24, 2.45) is 11.7 Å². The Morgan fingerprint density at radius 3 is 2.83 bits per heavy atom. The van der Waals surface area contributed by atoms with Gasteiger partial charge in [0.2, 0.25) is 11.8 Å². The lowest BCUT2D eigenvalue weighted by Gasteiger charge is -2.12. The number of primary amides is 1. The molecule has 1 heterocycles. The molecule has 4 N–H and O–H groups in total. The lowest BCUT2D eigenvalue weighted by Crippen LogP contribution is -2.35. The van der Waals surface area contributed by atoms with Crippen molar-refractivity contribution in [3.05, 3.63) is 36.0 Å². The smallest absolute Gasteiger partial charge is 0.221 e. The average Bonchev–Trinajstić information content (AvgIpc) is 2.95. The van der Waals surface area contributed by atoms with Gasteiger partial charge in [-0.3, -0.25) is 9.59 Å². The fourth-order valence-electron chi connectivity index (χ4n) is 2.41. The molecule has 6 nitrogen and oxygen atoms in total. The molecule has 0 aliphatic carbocycles. The SMILES string of the molecule is CC(CCC(=O)NC(C#N)Cc1c[nH]c2ccccc12)C(N)=O. The van der Waals surface area contributed by atoms with E-state index in [2.05, 4.69) is 16.4 Å². The minimum Gasteiger partial charge on any atom is -0.369 e. The Bertz CT molecular complexity index is 744. The van der Waals surface area contributed by atoms with Gasteiger partial charge in [0.1, 0.15) is 6.04 Å². The highest BCUT2D eigenvalue weighted by atomic mass is 16.2. The summed E-state index contributed by atoms with van der Waals surface area (Å²) in [6.45, 7) is 1.68. The second kappa shape index (κ2) is 7.45. The van der Waals surface area contributed by atoms with Crippen molar-refractivity contribution in [2.45, 2.75) is 32.2 Å². The maximum Gasteiger partial charge on any atom is 0.221 e. The Morgan fingerprint density at radius 2 is 2.13 bits per heavy atom. The monoisotopic (exact) mass is 312 g/mol. The van der Waals surface area contributed by atoms with Gasteiger partial charge in [-0.05, 0) is 18.1 Å². The van der Waals surface area contributed by atoms with Crippen LogP contribution < -0.4 is 11.1 Å². The first-order valence-corrected chi connectivity index (χ1v) is 7.54. The van der Waals surface area contributed by atoms with E-state index < -0.39 is 11.9 Å². The number of nitriles is 1. The molecule has 0 bridgehead atoms. The quantitative estimate of drug-likeness (QED) is 0.722. The van der Waals surface area contributed by atoms with Gasteiger partial charge in [0.25, 0.3) is 0 Å². The van der Waals surface area contributed by atoms with Crippen molar-refractivity contribution < 1.29 is 9.59 Å². The molecule has 0 saturated carbocycles. The van der Waals surface area contributed by atoms with E-state index >= 15 is 0 Å². The third kappa shape index (κ3) is 4.33. The topological polar surface area (TPSA) is 112 Å². The molecule has 2 rings (SSSR count). The van der Waals surface area contributed by atoms with Crippen molar-refractivity contribution in [1.29, 1.82) is 5.26 Å².